The highest BCUT2D eigenvalue weighted by Gasteiger charge is 2.06. The van der Waals surface area contributed by atoms with E-state index in [2.05, 4.69) is 5.32 Å². The third kappa shape index (κ3) is 5.52. The molecular formula is C14H17NO3S. The highest BCUT2D eigenvalue weighted by Crippen LogP contribution is 2.10. The third-order valence-electron chi connectivity index (χ3n) is 2.37. The molecule has 102 valence electrons. The number of hydrogen-bond acceptors (Lipinski definition) is 3. The van der Waals surface area contributed by atoms with Crippen LogP contribution in [0.5, 0.6) is 0 Å². The zero-order valence-corrected chi connectivity index (χ0v) is 11.8. The van der Waals surface area contributed by atoms with Crippen molar-refractivity contribution in [2.24, 2.45) is 0 Å². The highest BCUT2D eigenvalue weighted by molar-refractivity contribution is 7.90. The van der Waals surface area contributed by atoms with Crippen molar-refractivity contribution in [3.05, 3.63) is 54.1 Å². The average molecular weight is 279 g/mol. The van der Waals surface area contributed by atoms with E-state index < -0.39 is 9.84 Å². The molecule has 0 aliphatic heterocycles. The molecule has 0 fully saturated rings. The van der Waals surface area contributed by atoms with Crippen LogP contribution in [-0.4, -0.2) is 20.6 Å². The van der Waals surface area contributed by atoms with E-state index in [-0.39, 0.29) is 10.8 Å². The fourth-order valence-electron chi connectivity index (χ4n) is 1.36. The smallest absolute Gasteiger partial charge is 0.244 e. The van der Waals surface area contributed by atoms with Crippen molar-refractivity contribution in [2.45, 2.75) is 18.4 Å². The number of hydrogen-bond donors (Lipinski definition) is 1. The van der Waals surface area contributed by atoms with Crippen LogP contribution in [0.2, 0.25) is 0 Å². The minimum Gasteiger partial charge on any atom is -0.348 e. The van der Waals surface area contributed by atoms with Gasteiger partial charge < -0.3 is 5.32 Å². The molecule has 0 aromatic heterocycles. The summed E-state index contributed by atoms with van der Waals surface area (Å²) in [5.41, 5.74) is 0.847. The molecule has 0 aliphatic carbocycles. The summed E-state index contributed by atoms with van der Waals surface area (Å²) < 4.78 is 22.5. The molecule has 1 rings (SSSR count). The van der Waals surface area contributed by atoms with Crippen LogP contribution in [0.1, 0.15) is 12.5 Å². The average Bonchev–Trinajstić information content (AvgIpc) is 2.36. The van der Waals surface area contributed by atoms with Gasteiger partial charge in [0.15, 0.2) is 9.84 Å². The molecule has 0 spiro atoms. The second-order valence-electron chi connectivity index (χ2n) is 4.02. The molecule has 0 atom stereocenters. The Labute approximate surface area is 113 Å². The van der Waals surface area contributed by atoms with Gasteiger partial charge in [-0.2, -0.15) is 0 Å². The van der Waals surface area contributed by atoms with Crippen LogP contribution in [0.25, 0.3) is 0 Å². The lowest BCUT2D eigenvalue weighted by Crippen LogP contribution is -2.20. The Morgan fingerprint density at radius 1 is 1.21 bits per heavy atom. The number of allylic oxidation sites excluding steroid dienone is 3. The van der Waals surface area contributed by atoms with E-state index in [4.69, 9.17) is 0 Å². The lowest BCUT2D eigenvalue weighted by molar-refractivity contribution is -0.116. The molecule has 1 N–H and O–H groups in total. The Kier molecular flexibility index (Phi) is 5.51. The second kappa shape index (κ2) is 6.89. The maximum absolute atomic E-state index is 11.4. The Bertz CT molecular complexity index is 584. The van der Waals surface area contributed by atoms with Crippen molar-refractivity contribution < 1.29 is 13.2 Å². The summed E-state index contributed by atoms with van der Waals surface area (Å²) >= 11 is 0. The van der Waals surface area contributed by atoms with Gasteiger partial charge in [-0.1, -0.05) is 30.4 Å². The van der Waals surface area contributed by atoms with Gasteiger partial charge in [0.1, 0.15) is 0 Å². The van der Waals surface area contributed by atoms with E-state index >= 15 is 0 Å². The largest absolute Gasteiger partial charge is 0.348 e. The molecule has 1 aromatic carbocycles. The molecule has 5 heteroatoms. The Hall–Kier alpha value is -1.88. The topological polar surface area (TPSA) is 63.2 Å². The van der Waals surface area contributed by atoms with Gasteiger partial charge in [0.2, 0.25) is 5.91 Å². The van der Waals surface area contributed by atoms with Gasteiger partial charge in [-0.25, -0.2) is 8.42 Å². The number of benzene rings is 1. The summed E-state index contributed by atoms with van der Waals surface area (Å²) in [4.78, 5) is 11.7. The molecule has 0 saturated heterocycles. The number of carbonyl (C=O) groups is 1. The first-order valence-electron chi connectivity index (χ1n) is 5.79. The van der Waals surface area contributed by atoms with Crippen LogP contribution >= 0.6 is 0 Å². The van der Waals surface area contributed by atoms with Crippen molar-refractivity contribution in [1.82, 2.24) is 5.32 Å². The van der Waals surface area contributed by atoms with Gasteiger partial charge in [0.25, 0.3) is 0 Å². The van der Waals surface area contributed by atoms with Crippen LogP contribution in [0.15, 0.2) is 53.5 Å². The predicted molar refractivity (Wildman–Crippen MR) is 75.4 cm³/mol. The number of nitrogens with one attached hydrogen (secondary N) is 1. The second-order valence-corrected chi connectivity index (χ2v) is 6.03. The summed E-state index contributed by atoms with van der Waals surface area (Å²) in [6.45, 7) is 2.23. The van der Waals surface area contributed by atoms with Crippen LogP contribution < -0.4 is 5.32 Å². The lowest BCUT2D eigenvalue weighted by atomic mass is 10.2. The van der Waals surface area contributed by atoms with Crippen molar-refractivity contribution in [2.75, 3.05) is 6.26 Å². The molecule has 1 amide bonds. The van der Waals surface area contributed by atoms with Gasteiger partial charge in [0.05, 0.1) is 4.90 Å². The van der Waals surface area contributed by atoms with E-state index in [1.807, 2.05) is 13.0 Å². The zero-order valence-electron chi connectivity index (χ0n) is 11.0. The quantitative estimate of drug-likeness (QED) is 0.661. The summed E-state index contributed by atoms with van der Waals surface area (Å²) in [5, 5.41) is 2.71. The third-order valence-corrected chi connectivity index (χ3v) is 3.50. The molecule has 0 saturated carbocycles. The fourth-order valence-corrected chi connectivity index (χ4v) is 1.99. The first-order valence-corrected chi connectivity index (χ1v) is 7.69. The standard InChI is InChI=1S/C14H17NO3S/c1-3-4-5-6-14(16)15-11-12-7-9-13(10-8-12)19(2,17)18/h3-10H,11H2,1-2H3,(H,15,16). The highest BCUT2D eigenvalue weighted by atomic mass is 32.2. The van der Waals surface area contributed by atoms with Crippen LogP contribution in [0, 0.1) is 0 Å². The van der Waals surface area contributed by atoms with Crippen molar-refractivity contribution in [3.63, 3.8) is 0 Å². The lowest BCUT2D eigenvalue weighted by Gasteiger charge is -2.03. The monoisotopic (exact) mass is 279 g/mol. The summed E-state index contributed by atoms with van der Waals surface area (Å²) in [6.07, 6.45) is 7.84. The van der Waals surface area contributed by atoms with E-state index in [0.29, 0.717) is 6.54 Å². The Morgan fingerprint density at radius 2 is 1.84 bits per heavy atom. The number of carbonyl (C=O) groups excluding carboxylic acids is 1. The zero-order chi connectivity index (χ0) is 14.3. The van der Waals surface area contributed by atoms with E-state index in [1.165, 1.54) is 18.2 Å². The number of sulfone groups is 1. The summed E-state index contributed by atoms with van der Waals surface area (Å²) in [6, 6.07) is 6.44. The van der Waals surface area contributed by atoms with Gasteiger partial charge in [-0.15, -0.1) is 0 Å². The van der Waals surface area contributed by atoms with Gasteiger partial charge in [-0.05, 0) is 24.6 Å². The van der Waals surface area contributed by atoms with Crippen molar-refractivity contribution in [3.8, 4) is 0 Å². The SMILES string of the molecule is CC=CC=CC(=O)NCc1ccc(S(C)(=O)=O)cc1. The molecular weight excluding hydrogens is 262 g/mol. The van der Waals surface area contributed by atoms with Crippen LogP contribution in [0.4, 0.5) is 0 Å². The first kappa shape index (κ1) is 15.2. The molecule has 0 aliphatic rings. The Balaban J connectivity index is 2.58. The normalized spacial score (nSPS) is 12.1. The fraction of sp³-hybridized carbons (Fsp3) is 0.214. The maximum atomic E-state index is 11.4. The molecule has 0 unspecified atom stereocenters. The van der Waals surface area contributed by atoms with Gasteiger partial charge in [-0.3, -0.25) is 4.79 Å². The number of amides is 1. The molecule has 4 nitrogen and oxygen atoms in total. The summed E-state index contributed by atoms with van der Waals surface area (Å²) in [5.74, 6) is -0.190. The van der Waals surface area contributed by atoms with E-state index in [1.54, 1.807) is 24.3 Å². The van der Waals surface area contributed by atoms with Crippen LogP contribution in [-0.2, 0) is 21.2 Å². The van der Waals surface area contributed by atoms with Crippen molar-refractivity contribution >= 4 is 15.7 Å². The Morgan fingerprint density at radius 3 is 2.37 bits per heavy atom. The minimum absolute atomic E-state index is 0.190. The molecule has 0 radical (unpaired) electrons. The van der Waals surface area contributed by atoms with Crippen LogP contribution in [0.3, 0.4) is 0 Å². The van der Waals surface area contributed by atoms with Crippen molar-refractivity contribution in [1.29, 1.82) is 0 Å². The molecule has 1 aromatic rings. The van der Waals surface area contributed by atoms with E-state index in [9.17, 15) is 13.2 Å². The summed E-state index contributed by atoms with van der Waals surface area (Å²) in [7, 11) is -3.17. The predicted octanol–water partition coefficient (Wildman–Crippen LogP) is 1.84. The number of rotatable bonds is 5. The van der Waals surface area contributed by atoms with Gasteiger partial charge in [0, 0.05) is 18.9 Å². The minimum atomic E-state index is -3.17. The van der Waals surface area contributed by atoms with Gasteiger partial charge >= 0.3 is 0 Å². The molecule has 0 bridgehead atoms. The first-order chi connectivity index (χ1) is 8.93. The van der Waals surface area contributed by atoms with E-state index in [0.717, 1.165) is 11.8 Å². The maximum Gasteiger partial charge on any atom is 0.244 e. The molecule has 0 heterocycles. The molecule has 19 heavy (non-hydrogen) atoms.